The van der Waals surface area contributed by atoms with E-state index in [2.05, 4.69) is 15.5 Å². The molecule has 2 atom stereocenters. The molecule has 7 heteroatoms. The van der Waals surface area contributed by atoms with Crippen LogP contribution in [-0.4, -0.2) is 52.6 Å². The molecular weight excluding hydrogens is 296 g/mol. The first-order valence-electron chi connectivity index (χ1n) is 7.74. The van der Waals surface area contributed by atoms with Crippen molar-refractivity contribution in [2.75, 3.05) is 19.8 Å². The van der Waals surface area contributed by atoms with Crippen molar-refractivity contribution in [3.05, 3.63) is 42.5 Å². The van der Waals surface area contributed by atoms with Crippen molar-refractivity contribution >= 4 is 5.91 Å². The van der Waals surface area contributed by atoms with Gasteiger partial charge in [0.2, 0.25) is 0 Å². The van der Waals surface area contributed by atoms with Gasteiger partial charge in [0, 0.05) is 13.2 Å². The molecule has 0 bridgehead atoms. The van der Waals surface area contributed by atoms with Gasteiger partial charge in [-0.1, -0.05) is 12.1 Å². The van der Waals surface area contributed by atoms with Crippen LogP contribution in [0, 0.1) is 0 Å². The Balaban J connectivity index is 1.78. The molecule has 1 aliphatic rings. The average Bonchev–Trinajstić information content (AvgIpc) is 3.11. The molecule has 0 unspecified atom stereocenters. The van der Waals surface area contributed by atoms with Crippen LogP contribution in [0.4, 0.5) is 0 Å². The molecular formula is C16H20N4O3. The van der Waals surface area contributed by atoms with E-state index < -0.39 is 0 Å². The van der Waals surface area contributed by atoms with Crippen molar-refractivity contribution < 1.29 is 14.3 Å². The van der Waals surface area contributed by atoms with Crippen molar-refractivity contribution in [2.24, 2.45) is 0 Å². The highest BCUT2D eigenvalue weighted by Gasteiger charge is 2.28. The molecule has 23 heavy (non-hydrogen) atoms. The number of ether oxygens (including phenoxy) is 2. The average molecular weight is 316 g/mol. The maximum absolute atomic E-state index is 12.7. The number of rotatable bonds is 5. The van der Waals surface area contributed by atoms with Gasteiger partial charge in [-0.25, -0.2) is 0 Å². The number of nitrogens with one attached hydrogen (secondary N) is 1. The van der Waals surface area contributed by atoms with E-state index in [1.807, 2.05) is 25.1 Å². The van der Waals surface area contributed by atoms with Crippen molar-refractivity contribution in [2.45, 2.75) is 25.5 Å². The normalized spacial score (nSPS) is 21.1. The summed E-state index contributed by atoms with van der Waals surface area (Å²) in [6, 6.07) is 7.32. The molecule has 0 saturated carbocycles. The van der Waals surface area contributed by atoms with E-state index in [0.29, 0.717) is 25.4 Å². The highest BCUT2D eigenvalue weighted by atomic mass is 16.5. The lowest BCUT2D eigenvalue weighted by molar-refractivity contribution is -0.0632. The minimum absolute atomic E-state index is 0.0508. The highest BCUT2D eigenvalue weighted by Crippen LogP contribution is 2.16. The van der Waals surface area contributed by atoms with Gasteiger partial charge in [0.25, 0.3) is 5.91 Å². The fraction of sp³-hybridized carbons (Fsp3) is 0.438. The summed E-state index contributed by atoms with van der Waals surface area (Å²) in [6.07, 6.45) is 3.78. The lowest BCUT2D eigenvalue weighted by Gasteiger charge is -2.32. The Morgan fingerprint density at radius 3 is 2.96 bits per heavy atom. The summed E-state index contributed by atoms with van der Waals surface area (Å²) in [6.45, 7) is 3.67. The van der Waals surface area contributed by atoms with E-state index in [1.165, 1.54) is 0 Å². The van der Waals surface area contributed by atoms with Gasteiger partial charge in [-0.2, -0.15) is 0 Å². The Hall–Kier alpha value is -2.25. The Morgan fingerprint density at radius 1 is 1.39 bits per heavy atom. The number of benzene rings is 1. The minimum atomic E-state index is -0.133. The first-order chi connectivity index (χ1) is 11.3. The van der Waals surface area contributed by atoms with Crippen molar-refractivity contribution in [3.63, 3.8) is 0 Å². The number of para-hydroxylation sites is 1. The molecule has 0 aliphatic carbocycles. The second kappa shape index (κ2) is 7.34. The van der Waals surface area contributed by atoms with Gasteiger partial charge < -0.3 is 14.8 Å². The quantitative estimate of drug-likeness (QED) is 0.896. The van der Waals surface area contributed by atoms with Crippen LogP contribution in [0.25, 0.3) is 5.69 Å². The fourth-order valence-electron chi connectivity index (χ4n) is 2.72. The van der Waals surface area contributed by atoms with Gasteiger partial charge in [0.1, 0.15) is 18.8 Å². The first kappa shape index (κ1) is 15.6. The zero-order valence-electron chi connectivity index (χ0n) is 13.0. The largest absolute Gasteiger partial charge is 0.379 e. The molecule has 0 radical (unpaired) electrons. The highest BCUT2D eigenvalue weighted by molar-refractivity contribution is 5.98. The molecule has 2 heterocycles. The Labute approximate surface area is 134 Å². The second-order valence-corrected chi connectivity index (χ2v) is 5.32. The van der Waals surface area contributed by atoms with E-state index in [0.717, 1.165) is 12.1 Å². The number of carbonyl (C=O) groups is 1. The number of aromatic nitrogens is 3. The molecule has 2 aromatic rings. The number of hydrogen-bond acceptors (Lipinski definition) is 5. The maximum Gasteiger partial charge on any atom is 0.253 e. The summed E-state index contributed by atoms with van der Waals surface area (Å²) in [5.74, 6) is -0.133. The van der Waals surface area contributed by atoms with Crippen LogP contribution in [0.3, 0.4) is 0 Å². The maximum atomic E-state index is 12.7. The monoisotopic (exact) mass is 316 g/mol. The number of amides is 1. The van der Waals surface area contributed by atoms with Gasteiger partial charge >= 0.3 is 0 Å². The van der Waals surface area contributed by atoms with Crippen LogP contribution in [0.15, 0.2) is 36.9 Å². The molecule has 1 aromatic carbocycles. The Kier molecular flexibility index (Phi) is 4.99. The first-order valence-corrected chi connectivity index (χ1v) is 7.74. The van der Waals surface area contributed by atoms with Crippen LogP contribution in [0.5, 0.6) is 0 Å². The van der Waals surface area contributed by atoms with Crippen molar-refractivity contribution in [1.29, 1.82) is 0 Å². The van der Waals surface area contributed by atoms with Gasteiger partial charge in [0.15, 0.2) is 0 Å². The Morgan fingerprint density at radius 2 is 2.17 bits per heavy atom. The summed E-state index contributed by atoms with van der Waals surface area (Å²) in [5.41, 5.74) is 1.32. The predicted molar refractivity (Wildman–Crippen MR) is 83.5 cm³/mol. The third-order valence-corrected chi connectivity index (χ3v) is 3.85. The van der Waals surface area contributed by atoms with Crippen LogP contribution in [0.2, 0.25) is 0 Å². The minimum Gasteiger partial charge on any atom is -0.379 e. The van der Waals surface area contributed by atoms with E-state index >= 15 is 0 Å². The SMILES string of the molecule is CCO[C@@H]1COCC[C@H]1NC(=O)c1ccccc1-n1cnnc1. The summed E-state index contributed by atoms with van der Waals surface area (Å²) >= 11 is 0. The zero-order chi connectivity index (χ0) is 16.1. The third-order valence-electron chi connectivity index (χ3n) is 3.85. The smallest absolute Gasteiger partial charge is 0.253 e. The molecule has 1 saturated heterocycles. The summed E-state index contributed by atoms with van der Waals surface area (Å²) < 4.78 is 12.8. The second-order valence-electron chi connectivity index (χ2n) is 5.32. The molecule has 3 rings (SSSR count). The van der Waals surface area contributed by atoms with Gasteiger partial charge in [-0.05, 0) is 25.5 Å². The molecule has 0 spiro atoms. The zero-order valence-corrected chi connectivity index (χ0v) is 13.0. The lowest BCUT2D eigenvalue weighted by atomic mass is 10.0. The number of hydrogen-bond donors (Lipinski definition) is 1. The Bertz CT molecular complexity index is 643. The fourth-order valence-corrected chi connectivity index (χ4v) is 2.72. The van der Waals surface area contributed by atoms with Gasteiger partial charge in [0.05, 0.1) is 23.9 Å². The number of carbonyl (C=O) groups excluding carboxylic acids is 1. The molecule has 122 valence electrons. The van der Waals surface area contributed by atoms with Crippen LogP contribution in [-0.2, 0) is 9.47 Å². The standard InChI is InChI=1S/C16H20N4O3/c1-2-23-15-9-22-8-7-13(15)19-16(21)12-5-3-4-6-14(12)20-10-17-18-11-20/h3-6,10-11,13,15H,2,7-9H2,1H3,(H,19,21)/t13-,15-/m1/s1. The van der Waals surface area contributed by atoms with Crippen molar-refractivity contribution in [3.8, 4) is 5.69 Å². The van der Waals surface area contributed by atoms with E-state index in [1.54, 1.807) is 23.3 Å². The van der Waals surface area contributed by atoms with Gasteiger partial charge in [-0.15, -0.1) is 10.2 Å². The molecule has 1 amide bonds. The number of nitrogens with zero attached hydrogens (tertiary/aromatic N) is 3. The molecule has 1 N–H and O–H groups in total. The summed E-state index contributed by atoms with van der Waals surface area (Å²) in [7, 11) is 0. The summed E-state index contributed by atoms with van der Waals surface area (Å²) in [5, 5.41) is 10.7. The van der Waals surface area contributed by atoms with Crippen LogP contribution >= 0.6 is 0 Å². The molecule has 1 aliphatic heterocycles. The van der Waals surface area contributed by atoms with Crippen LogP contribution in [0.1, 0.15) is 23.7 Å². The van der Waals surface area contributed by atoms with E-state index in [9.17, 15) is 4.79 Å². The molecule has 1 aromatic heterocycles. The lowest BCUT2D eigenvalue weighted by Crippen LogP contribution is -2.50. The van der Waals surface area contributed by atoms with Crippen LogP contribution < -0.4 is 5.32 Å². The third kappa shape index (κ3) is 3.57. The summed E-state index contributed by atoms with van der Waals surface area (Å²) in [4.78, 5) is 12.7. The van der Waals surface area contributed by atoms with Crippen molar-refractivity contribution in [1.82, 2.24) is 20.1 Å². The van der Waals surface area contributed by atoms with E-state index in [4.69, 9.17) is 9.47 Å². The van der Waals surface area contributed by atoms with E-state index in [-0.39, 0.29) is 18.1 Å². The topological polar surface area (TPSA) is 78.3 Å². The molecule has 7 nitrogen and oxygen atoms in total. The van der Waals surface area contributed by atoms with Gasteiger partial charge in [-0.3, -0.25) is 9.36 Å². The molecule has 1 fully saturated rings. The predicted octanol–water partition coefficient (Wildman–Crippen LogP) is 1.19.